The summed E-state index contributed by atoms with van der Waals surface area (Å²) in [6.45, 7) is 2.58. The van der Waals surface area contributed by atoms with E-state index in [0.717, 1.165) is 30.5 Å². The molecule has 0 saturated heterocycles. The summed E-state index contributed by atoms with van der Waals surface area (Å²) >= 11 is 0. The number of aryl methyl sites for hydroxylation is 1. The standard InChI is InChI=1S/C20H26N4O.HI/c1-2-15-7-5-9-17(13-15)24-20(21)23-14-16-8-6-12-22-19(16)25-18-10-3-4-11-18;/h5-9,12-13,18H,2-4,10-11,14H2,1H3,(H3,21,23,24);1H. The van der Waals surface area contributed by atoms with E-state index >= 15 is 0 Å². The molecule has 3 rings (SSSR count). The zero-order chi connectivity index (χ0) is 17.5. The van der Waals surface area contributed by atoms with Crippen molar-refractivity contribution >= 4 is 35.6 Å². The molecule has 1 fully saturated rings. The lowest BCUT2D eigenvalue weighted by Crippen LogP contribution is -2.22. The van der Waals surface area contributed by atoms with Crippen molar-refractivity contribution in [1.82, 2.24) is 4.98 Å². The highest BCUT2D eigenvalue weighted by molar-refractivity contribution is 14.0. The Morgan fingerprint density at radius 2 is 2.08 bits per heavy atom. The first kappa shape index (κ1) is 20.5. The maximum absolute atomic E-state index is 6.05. The van der Waals surface area contributed by atoms with Crippen LogP contribution in [0, 0.1) is 0 Å². The molecule has 0 aliphatic heterocycles. The van der Waals surface area contributed by atoms with Crippen LogP contribution in [0.15, 0.2) is 47.6 Å². The van der Waals surface area contributed by atoms with E-state index < -0.39 is 0 Å². The zero-order valence-electron chi connectivity index (χ0n) is 15.1. The molecule has 5 nitrogen and oxygen atoms in total. The van der Waals surface area contributed by atoms with Crippen molar-refractivity contribution in [2.75, 3.05) is 5.32 Å². The molecular formula is C20H27IN4O. The van der Waals surface area contributed by atoms with E-state index in [9.17, 15) is 0 Å². The molecule has 1 saturated carbocycles. The molecule has 6 heteroatoms. The maximum atomic E-state index is 6.05. The van der Waals surface area contributed by atoms with Crippen LogP contribution in [-0.2, 0) is 13.0 Å². The lowest BCUT2D eigenvalue weighted by molar-refractivity contribution is 0.199. The highest BCUT2D eigenvalue weighted by Crippen LogP contribution is 2.25. The molecule has 0 atom stereocenters. The Labute approximate surface area is 172 Å². The quantitative estimate of drug-likeness (QED) is 0.373. The topological polar surface area (TPSA) is 72.5 Å². The lowest BCUT2D eigenvalue weighted by atomic mass is 10.1. The fraction of sp³-hybridized carbons (Fsp3) is 0.400. The number of halogens is 1. The number of nitrogens with two attached hydrogens (primary N) is 1. The SMILES string of the molecule is CCc1cccc(NC(N)=NCc2cccnc2OC2CCCC2)c1.I. The Morgan fingerprint density at radius 1 is 1.27 bits per heavy atom. The van der Waals surface area contributed by atoms with Gasteiger partial charge in [0.2, 0.25) is 5.88 Å². The van der Waals surface area contributed by atoms with E-state index in [4.69, 9.17) is 10.5 Å². The number of anilines is 1. The second-order valence-corrected chi connectivity index (χ2v) is 6.37. The number of aliphatic imine (C=N–C) groups is 1. The molecule has 0 amide bonds. The largest absolute Gasteiger partial charge is 0.474 e. The molecule has 0 unspecified atom stereocenters. The smallest absolute Gasteiger partial charge is 0.218 e. The summed E-state index contributed by atoms with van der Waals surface area (Å²) in [5.74, 6) is 1.07. The molecule has 140 valence electrons. The third-order valence-electron chi connectivity index (χ3n) is 4.46. The second-order valence-electron chi connectivity index (χ2n) is 6.37. The van der Waals surface area contributed by atoms with Gasteiger partial charge >= 0.3 is 0 Å². The van der Waals surface area contributed by atoms with Crippen molar-refractivity contribution in [3.63, 3.8) is 0 Å². The fourth-order valence-electron chi connectivity index (χ4n) is 3.04. The van der Waals surface area contributed by atoms with Crippen LogP contribution in [0.3, 0.4) is 0 Å². The van der Waals surface area contributed by atoms with Crippen LogP contribution in [0.4, 0.5) is 5.69 Å². The third kappa shape index (κ3) is 5.86. The number of ether oxygens (including phenoxy) is 1. The van der Waals surface area contributed by atoms with Gasteiger partial charge in [-0.3, -0.25) is 0 Å². The van der Waals surface area contributed by atoms with E-state index in [0.29, 0.717) is 18.4 Å². The van der Waals surface area contributed by atoms with Crippen LogP contribution in [0.25, 0.3) is 0 Å². The van der Waals surface area contributed by atoms with Crippen molar-refractivity contribution in [2.24, 2.45) is 10.7 Å². The Bertz CT molecular complexity index is 729. The molecule has 0 bridgehead atoms. The number of nitrogens with one attached hydrogen (secondary N) is 1. The summed E-state index contributed by atoms with van der Waals surface area (Å²) in [4.78, 5) is 8.82. The number of aromatic nitrogens is 1. The predicted octanol–water partition coefficient (Wildman–Crippen LogP) is 4.51. The number of benzene rings is 1. The molecule has 1 aliphatic rings. The average molecular weight is 466 g/mol. The minimum atomic E-state index is 0. The molecule has 0 spiro atoms. The van der Waals surface area contributed by atoms with E-state index in [1.54, 1.807) is 6.20 Å². The van der Waals surface area contributed by atoms with Crippen molar-refractivity contribution in [1.29, 1.82) is 0 Å². The van der Waals surface area contributed by atoms with Crippen LogP contribution in [-0.4, -0.2) is 17.0 Å². The summed E-state index contributed by atoms with van der Waals surface area (Å²) in [6, 6.07) is 12.1. The average Bonchev–Trinajstić information content (AvgIpc) is 3.14. The van der Waals surface area contributed by atoms with Crippen LogP contribution in [0.5, 0.6) is 5.88 Å². The van der Waals surface area contributed by atoms with Gasteiger partial charge in [0.1, 0.15) is 6.10 Å². The van der Waals surface area contributed by atoms with Gasteiger partial charge in [-0.1, -0.05) is 25.1 Å². The predicted molar refractivity (Wildman–Crippen MR) is 117 cm³/mol. The number of rotatable bonds is 6. The number of guanidine groups is 1. The number of nitrogens with zero attached hydrogens (tertiary/aromatic N) is 2. The number of hydrogen-bond donors (Lipinski definition) is 2. The maximum Gasteiger partial charge on any atom is 0.218 e. The zero-order valence-corrected chi connectivity index (χ0v) is 17.5. The first-order valence-electron chi connectivity index (χ1n) is 9.01. The summed E-state index contributed by atoms with van der Waals surface area (Å²) in [5, 5.41) is 3.15. The van der Waals surface area contributed by atoms with Crippen LogP contribution < -0.4 is 15.8 Å². The second kappa shape index (κ2) is 10.4. The molecule has 3 N–H and O–H groups in total. The molecule has 1 aliphatic carbocycles. The molecule has 26 heavy (non-hydrogen) atoms. The summed E-state index contributed by atoms with van der Waals surface area (Å²) in [7, 11) is 0. The first-order chi connectivity index (χ1) is 12.2. The first-order valence-corrected chi connectivity index (χ1v) is 9.01. The lowest BCUT2D eigenvalue weighted by Gasteiger charge is -2.14. The Morgan fingerprint density at radius 3 is 2.85 bits per heavy atom. The van der Waals surface area contributed by atoms with Crippen molar-refractivity contribution in [2.45, 2.75) is 51.7 Å². The van der Waals surface area contributed by atoms with Gasteiger partial charge in [-0.2, -0.15) is 0 Å². The highest BCUT2D eigenvalue weighted by atomic mass is 127. The Balaban J connectivity index is 0.00000243. The van der Waals surface area contributed by atoms with Gasteiger partial charge in [-0.15, -0.1) is 24.0 Å². The normalized spacial score (nSPS) is 14.7. The van der Waals surface area contributed by atoms with Gasteiger partial charge in [-0.05, 0) is 55.9 Å². The van der Waals surface area contributed by atoms with Gasteiger partial charge in [0.15, 0.2) is 5.96 Å². The van der Waals surface area contributed by atoms with Crippen LogP contribution in [0.1, 0.15) is 43.7 Å². The number of pyridine rings is 1. The van der Waals surface area contributed by atoms with Crippen molar-refractivity contribution in [3.05, 3.63) is 53.7 Å². The van der Waals surface area contributed by atoms with Crippen LogP contribution in [0.2, 0.25) is 0 Å². The molecule has 2 aromatic rings. The van der Waals surface area contributed by atoms with Crippen molar-refractivity contribution < 1.29 is 4.74 Å². The molecule has 1 heterocycles. The number of hydrogen-bond acceptors (Lipinski definition) is 3. The minimum Gasteiger partial charge on any atom is -0.474 e. The Hall–Kier alpha value is -1.83. The summed E-state index contributed by atoms with van der Waals surface area (Å²) in [6.07, 6.45) is 7.72. The molecule has 0 radical (unpaired) electrons. The highest BCUT2D eigenvalue weighted by Gasteiger charge is 2.18. The Kier molecular flexibility index (Phi) is 8.15. The summed E-state index contributed by atoms with van der Waals surface area (Å²) in [5.41, 5.74) is 9.21. The van der Waals surface area contributed by atoms with Gasteiger partial charge in [-0.25, -0.2) is 9.98 Å². The monoisotopic (exact) mass is 466 g/mol. The van der Waals surface area contributed by atoms with Gasteiger partial charge in [0.25, 0.3) is 0 Å². The van der Waals surface area contributed by atoms with Gasteiger partial charge in [0, 0.05) is 17.4 Å². The minimum absolute atomic E-state index is 0. The molecular weight excluding hydrogens is 439 g/mol. The third-order valence-corrected chi connectivity index (χ3v) is 4.46. The molecule has 1 aromatic carbocycles. The van der Waals surface area contributed by atoms with Crippen LogP contribution >= 0.6 is 24.0 Å². The van der Waals surface area contributed by atoms with E-state index in [1.165, 1.54) is 18.4 Å². The van der Waals surface area contributed by atoms with E-state index in [2.05, 4.69) is 34.3 Å². The summed E-state index contributed by atoms with van der Waals surface area (Å²) < 4.78 is 6.05. The molecule has 1 aromatic heterocycles. The fourth-order valence-corrected chi connectivity index (χ4v) is 3.04. The van der Waals surface area contributed by atoms with Crippen molar-refractivity contribution in [3.8, 4) is 5.88 Å². The van der Waals surface area contributed by atoms with E-state index in [1.807, 2.05) is 24.3 Å². The van der Waals surface area contributed by atoms with Gasteiger partial charge < -0.3 is 15.8 Å². The van der Waals surface area contributed by atoms with Gasteiger partial charge in [0.05, 0.1) is 6.54 Å². The van der Waals surface area contributed by atoms with E-state index in [-0.39, 0.29) is 30.1 Å².